The molecule has 0 unspecified atom stereocenters. The first-order valence-corrected chi connectivity index (χ1v) is 7.57. The summed E-state index contributed by atoms with van der Waals surface area (Å²) in [7, 11) is 0. The second kappa shape index (κ2) is 8.86. The summed E-state index contributed by atoms with van der Waals surface area (Å²) in [5, 5.41) is 5.61. The van der Waals surface area contributed by atoms with Gasteiger partial charge in [-0.2, -0.15) is 0 Å². The minimum Gasteiger partial charge on any atom is -0.381 e. The van der Waals surface area contributed by atoms with Crippen LogP contribution in [-0.2, 0) is 16.1 Å². The SMILES string of the molecule is CCNC(=O)c1cccc(CNC(=O)C2(N)CCOCC2)c1.Cl. The first-order chi connectivity index (χ1) is 10.5. The summed E-state index contributed by atoms with van der Waals surface area (Å²) in [6, 6.07) is 7.20. The second-order valence-electron chi connectivity index (χ2n) is 5.51. The molecule has 1 fully saturated rings. The molecule has 0 aliphatic carbocycles. The summed E-state index contributed by atoms with van der Waals surface area (Å²) < 4.78 is 5.24. The van der Waals surface area contributed by atoms with E-state index in [1.807, 2.05) is 13.0 Å². The Labute approximate surface area is 142 Å². The van der Waals surface area contributed by atoms with Crippen LogP contribution in [0.3, 0.4) is 0 Å². The van der Waals surface area contributed by atoms with Gasteiger partial charge in [0.05, 0.1) is 5.54 Å². The van der Waals surface area contributed by atoms with Crippen LogP contribution in [0.1, 0.15) is 35.7 Å². The third-order valence-electron chi connectivity index (χ3n) is 3.82. The van der Waals surface area contributed by atoms with Crippen LogP contribution in [0.4, 0.5) is 0 Å². The van der Waals surface area contributed by atoms with Gasteiger partial charge in [0.15, 0.2) is 0 Å². The first-order valence-electron chi connectivity index (χ1n) is 7.57. The lowest BCUT2D eigenvalue weighted by molar-refractivity contribution is -0.129. The summed E-state index contributed by atoms with van der Waals surface area (Å²) >= 11 is 0. The van der Waals surface area contributed by atoms with E-state index < -0.39 is 5.54 Å². The van der Waals surface area contributed by atoms with Gasteiger partial charge in [0.1, 0.15) is 0 Å². The Kier molecular flexibility index (Phi) is 7.48. The standard InChI is InChI=1S/C16H23N3O3.ClH/c1-2-18-14(20)13-5-3-4-12(10-13)11-19-15(21)16(17)6-8-22-9-7-16;/h3-5,10H,2,6-9,11,17H2,1H3,(H,18,20)(H,19,21);1H. The molecule has 0 spiro atoms. The van der Waals surface area contributed by atoms with E-state index in [0.717, 1.165) is 5.56 Å². The maximum absolute atomic E-state index is 12.2. The summed E-state index contributed by atoms with van der Waals surface area (Å²) in [4.78, 5) is 24.0. The number of nitrogens with one attached hydrogen (secondary N) is 2. The van der Waals surface area contributed by atoms with Gasteiger partial charge in [0, 0.05) is 31.9 Å². The molecule has 1 aromatic carbocycles. The van der Waals surface area contributed by atoms with E-state index in [9.17, 15) is 9.59 Å². The molecule has 1 saturated heterocycles. The molecule has 1 aromatic rings. The molecule has 0 radical (unpaired) electrons. The van der Waals surface area contributed by atoms with Gasteiger partial charge in [-0.1, -0.05) is 12.1 Å². The zero-order valence-corrected chi connectivity index (χ0v) is 14.1. The van der Waals surface area contributed by atoms with Crippen LogP contribution in [0.15, 0.2) is 24.3 Å². The molecule has 6 nitrogen and oxygen atoms in total. The number of ether oxygens (including phenoxy) is 1. The van der Waals surface area contributed by atoms with Gasteiger partial charge < -0.3 is 21.1 Å². The molecule has 0 atom stereocenters. The van der Waals surface area contributed by atoms with E-state index in [1.165, 1.54) is 0 Å². The molecule has 0 saturated carbocycles. The lowest BCUT2D eigenvalue weighted by atomic mass is 9.90. The topological polar surface area (TPSA) is 93.5 Å². The van der Waals surface area contributed by atoms with Crippen molar-refractivity contribution in [1.82, 2.24) is 10.6 Å². The Balaban J connectivity index is 0.00000264. The van der Waals surface area contributed by atoms with Crippen molar-refractivity contribution >= 4 is 24.2 Å². The highest BCUT2D eigenvalue weighted by atomic mass is 35.5. The molecule has 1 heterocycles. The maximum atomic E-state index is 12.2. The number of rotatable bonds is 5. The van der Waals surface area contributed by atoms with Crippen LogP contribution in [0, 0.1) is 0 Å². The summed E-state index contributed by atoms with van der Waals surface area (Å²) in [5.41, 5.74) is 6.73. The highest BCUT2D eigenvalue weighted by Crippen LogP contribution is 2.18. The van der Waals surface area contributed by atoms with Crippen molar-refractivity contribution in [3.05, 3.63) is 35.4 Å². The van der Waals surface area contributed by atoms with Crippen molar-refractivity contribution in [3.8, 4) is 0 Å². The van der Waals surface area contributed by atoms with Crippen LogP contribution in [0.5, 0.6) is 0 Å². The Bertz CT molecular complexity index is 545. The Morgan fingerprint density at radius 2 is 1.96 bits per heavy atom. The molecule has 0 aromatic heterocycles. The smallest absolute Gasteiger partial charge is 0.251 e. The molecule has 23 heavy (non-hydrogen) atoms. The van der Waals surface area contributed by atoms with Crippen LogP contribution in [0.25, 0.3) is 0 Å². The second-order valence-corrected chi connectivity index (χ2v) is 5.51. The van der Waals surface area contributed by atoms with E-state index >= 15 is 0 Å². The zero-order chi connectivity index (χ0) is 16.0. The van der Waals surface area contributed by atoms with Crippen molar-refractivity contribution in [3.63, 3.8) is 0 Å². The highest BCUT2D eigenvalue weighted by Gasteiger charge is 2.35. The van der Waals surface area contributed by atoms with Gasteiger partial charge in [0.2, 0.25) is 5.91 Å². The molecule has 1 aliphatic heterocycles. The number of nitrogens with two attached hydrogens (primary N) is 1. The van der Waals surface area contributed by atoms with Crippen LogP contribution in [-0.4, -0.2) is 37.1 Å². The average Bonchev–Trinajstić information content (AvgIpc) is 2.54. The van der Waals surface area contributed by atoms with Gasteiger partial charge in [-0.05, 0) is 37.5 Å². The van der Waals surface area contributed by atoms with Crippen molar-refractivity contribution in [2.45, 2.75) is 31.8 Å². The first kappa shape index (κ1) is 19.4. The highest BCUT2D eigenvalue weighted by molar-refractivity contribution is 5.94. The number of hydrogen-bond donors (Lipinski definition) is 3. The number of halogens is 1. The van der Waals surface area contributed by atoms with Crippen LogP contribution < -0.4 is 16.4 Å². The van der Waals surface area contributed by atoms with Gasteiger partial charge in [0.25, 0.3) is 5.91 Å². The summed E-state index contributed by atoms with van der Waals surface area (Å²) in [5.74, 6) is -0.283. The van der Waals surface area contributed by atoms with E-state index in [-0.39, 0.29) is 24.2 Å². The van der Waals surface area contributed by atoms with Crippen LogP contribution >= 0.6 is 12.4 Å². The average molecular weight is 342 g/mol. The fraction of sp³-hybridized carbons (Fsp3) is 0.500. The van der Waals surface area contributed by atoms with Crippen LogP contribution in [0.2, 0.25) is 0 Å². The molecule has 2 amide bonds. The number of carbonyl (C=O) groups is 2. The van der Waals surface area contributed by atoms with Crippen molar-refractivity contribution in [2.75, 3.05) is 19.8 Å². The van der Waals surface area contributed by atoms with Crippen molar-refractivity contribution < 1.29 is 14.3 Å². The van der Waals surface area contributed by atoms with E-state index in [1.54, 1.807) is 18.2 Å². The molecule has 2 rings (SSSR count). The third-order valence-corrected chi connectivity index (χ3v) is 3.82. The maximum Gasteiger partial charge on any atom is 0.251 e. The molecule has 128 valence electrons. The Morgan fingerprint density at radius 3 is 2.61 bits per heavy atom. The fourth-order valence-corrected chi connectivity index (χ4v) is 2.41. The Hall–Kier alpha value is -1.63. The number of benzene rings is 1. The van der Waals surface area contributed by atoms with Gasteiger partial charge in [-0.15, -0.1) is 12.4 Å². The van der Waals surface area contributed by atoms with Crippen molar-refractivity contribution in [1.29, 1.82) is 0 Å². The third kappa shape index (κ3) is 5.20. The normalized spacial score (nSPS) is 16.1. The molecule has 4 N–H and O–H groups in total. The molecular formula is C16H24ClN3O3. The summed E-state index contributed by atoms with van der Waals surface area (Å²) in [6.45, 7) is 3.83. The number of hydrogen-bond acceptors (Lipinski definition) is 4. The van der Waals surface area contributed by atoms with Gasteiger partial charge >= 0.3 is 0 Å². The number of amides is 2. The predicted molar refractivity (Wildman–Crippen MR) is 90.5 cm³/mol. The monoisotopic (exact) mass is 341 g/mol. The summed E-state index contributed by atoms with van der Waals surface area (Å²) in [6.07, 6.45) is 1.05. The minimum atomic E-state index is -0.852. The Morgan fingerprint density at radius 1 is 1.26 bits per heavy atom. The van der Waals surface area contributed by atoms with E-state index in [2.05, 4.69) is 10.6 Å². The molecule has 7 heteroatoms. The van der Waals surface area contributed by atoms with Crippen molar-refractivity contribution in [2.24, 2.45) is 5.73 Å². The zero-order valence-electron chi connectivity index (χ0n) is 13.3. The lowest BCUT2D eigenvalue weighted by Gasteiger charge is -2.31. The van der Waals surface area contributed by atoms with Gasteiger partial charge in [-0.3, -0.25) is 9.59 Å². The lowest BCUT2D eigenvalue weighted by Crippen LogP contribution is -2.56. The molecule has 0 bridgehead atoms. The van der Waals surface area contributed by atoms with E-state index in [4.69, 9.17) is 10.5 Å². The molecule has 1 aliphatic rings. The number of carbonyl (C=O) groups excluding carboxylic acids is 2. The quantitative estimate of drug-likeness (QED) is 0.744. The fourth-order valence-electron chi connectivity index (χ4n) is 2.41. The predicted octanol–water partition coefficient (Wildman–Crippen LogP) is 0.982. The van der Waals surface area contributed by atoms with E-state index in [0.29, 0.717) is 44.7 Å². The molecular weight excluding hydrogens is 318 g/mol. The largest absolute Gasteiger partial charge is 0.381 e. The van der Waals surface area contributed by atoms with Gasteiger partial charge in [-0.25, -0.2) is 0 Å². The minimum absolute atomic E-state index is 0.